The smallest absolute Gasteiger partial charge is 0.0197 e. The number of likely N-dealkylation sites (N-methyl/N-ethyl adjacent to an activating group) is 1. The van der Waals surface area contributed by atoms with E-state index >= 15 is 0 Å². The van der Waals surface area contributed by atoms with Gasteiger partial charge >= 0.3 is 0 Å². The zero-order valence-electron chi connectivity index (χ0n) is 9.22. The molecule has 2 atom stereocenters. The molecule has 1 aliphatic heterocycles. The van der Waals surface area contributed by atoms with Gasteiger partial charge in [0, 0.05) is 12.6 Å². The molecule has 1 heterocycles. The van der Waals surface area contributed by atoms with Gasteiger partial charge in [-0.15, -0.1) is 0 Å². The molecule has 0 radical (unpaired) electrons. The van der Waals surface area contributed by atoms with Gasteiger partial charge < -0.3 is 10.2 Å². The van der Waals surface area contributed by atoms with Crippen molar-refractivity contribution in [2.75, 3.05) is 27.2 Å². The highest BCUT2D eigenvalue weighted by Gasteiger charge is 2.20. The molecule has 0 aromatic carbocycles. The lowest BCUT2D eigenvalue weighted by molar-refractivity contribution is 0.354. The number of hydrogen-bond donors (Lipinski definition) is 1. The first-order valence-electron chi connectivity index (χ1n) is 5.06. The van der Waals surface area contributed by atoms with Crippen molar-refractivity contribution in [2.45, 2.75) is 33.2 Å². The van der Waals surface area contributed by atoms with Gasteiger partial charge in [-0.3, -0.25) is 0 Å². The fourth-order valence-electron chi connectivity index (χ4n) is 1.60. The van der Waals surface area contributed by atoms with Crippen LogP contribution >= 0.6 is 0 Å². The van der Waals surface area contributed by atoms with Crippen LogP contribution in [0.15, 0.2) is 0 Å². The van der Waals surface area contributed by atoms with Crippen LogP contribution in [0, 0.1) is 5.92 Å². The largest absolute Gasteiger partial charge is 0.312 e. The van der Waals surface area contributed by atoms with Crippen molar-refractivity contribution in [2.24, 2.45) is 5.92 Å². The maximum atomic E-state index is 3.50. The minimum atomic E-state index is 0.741. The summed E-state index contributed by atoms with van der Waals surface area (Å²) in [4.78, 5) is 2.25. The van der Waals surface area contributed by atoms with Crippen LogP contribution < -0.4 is 5.32 Å². The SMILES string of the molecule is CC.CC1CNC(CN(C)C)C1. The van der Waals surface area contributed by atoms with Crippen molar-refractivity contribution in [1.29, 1.82) is 0 Å². The molecule has 1 rings (SSSR count). The summed E-state index contributed by atoms with van der Waals surface area (Å²) in [6.07, 6.45) is 1.35. The molecule has 2 heteroatoms. The molecule has 0 aromatic heterocycles. The van der Waals surface area contributed by atoms with E-state index in [2.05, 4.69) is 31.2 Å². The van der Waals surface area contributed by atoms with E-state index in [1.165, 1.54) is 19.5 Å². The summed E-state index contributed by atoms with van der Waals surface area (Å²) < 4.78 is 0. The van der Waals surface area contributed by atoms with Crippen LogP contribution in [0.25, 0.3) is 0 Å². The molecule has 2 nitrogen and oxygen atoms in total. The first-order valence-corrected chi connectivity index (χ1v) is 5.06. The van der Waals surface area contributed by atoms with Crippen molar-refractivity contribution in [3.05, 3.63) is 0 Å². The third kappa shape index (κ3) is 4.73. The second-order valence-corrected chi connectivity index (χ2v) is 3.71. The standard InChI is InChI=1S/C8H18N2.C2H6/c1-7-4-8(9-5-7)6-10(2)3;1-2/h7-9H,4-6H2,1-3H3;1-2H3. The quantitative estimate of drug-likeness (QED) is 0.680. The van der Waals surface area contributed by atoms with E-state index in [0.29, 0.717) is 0 Å². The second-order valence-electron chi connectivity index (χ2n) is 3.71. The molecule has 74 valence electrons. The predicted molar refractivity (Wildman–Crippen MR) is 55.5 cm³/mol. The van der Waals surface area contributed by atoms with Gasteiger partial charge in [0.25, 0.3) is 0 Å². The molecule has 1 fully saturated rings. The minimum absolute atomic E-state index is 0.741. The highest BCUT2D eigenvalue weighted by atomic mass is 15.1. The van der Waals surface area contributed by atoms with Gasteiger partial charge in [-0.2, -0.15) is 0 Å². The Morgan fingerprint density at radius 2 is 1.92 bits per heavy atom. The molecule has 12 heavy (non-hydrogen) atoms. The van der Waals surface area contributed by atoms with Crippen molar-refractivity contribution in [1.82, 2.24) is 10.2 Å². The van der Waals surface area contributed by atoms with Crippen LogP contribution in [-0.4, -0.2) is 38.1 Å². The summed E-state index contributed by atoms with van der Waals surface area (Å²) in [7, 11) is 4.26. The monoisotopic (exact) mass is 172 g/mol. The normalized spacial score (nSPS) is 28.5. The molecule has 2 unspecified atom stereocenters. The van der Waals surface area contributed by atoms with Gasteiger partial charge in [0.1, 0.15) is 0 Å². The van der Waals surface area contributed by atoms with Gasteiger partial charge in [-0.25, -0.2) is 0 Å². The number of nitrogens with zero attached hydrogens (tertiary/aromatic N) is 1. The van der Waals surface area contributed by atoms with Crippen molar-refractivity contribution in [3.8, 4) is 0 Å². The summed E-state index contributed by atoms with van der Waals surface area (Å²) >= 11 is 0. The van der Waals surface area contributed by atoms with E-state index < -0.39 is 0 Å². The van der Waals surface area contributed by atoms with E-state index in [1.54, 1.807) is 0 Å². The van der Waals surface area contributed by atoms with Crippen molar-refractivity contribution >= 4 is 0 Å². The lowest BCUT2D eigenvalue weighted by Crippen LogP contribution is -2.33. The van der Waals surface area contributed by atoms with Crippen LogP contribution in [0.5, 0.6) is 0 Å². The summed E-state index contributed by atoms with van der Waals surface area (Å²) in [5.41, 5.74) is 0. The zero-order chi connectivity index (χ0) is 9.56. The van der Waals surface area contributed by atoms with Crippen LogP contribution in [0.1, 0.15) is 27.2 Å². The summed E-state index contributed by atoms with van der Waals surface area (Å²) in [6.45, 7) is 8.70. The maximum absolute atomic E-state index is 3.50. The second kappa shape index (κ2) is 6.44. The first-order chi connectivity index (χ1) is 5.68. The Morgan fingerprint density at radius 1 is 1.33 bits per heavy atom. The summed E-state index contributed by atoms with van der Waals surface area (Å²) in [5, 5.41) is 3.50. The van der Waals surface area contributed by atoms with Gasteiger partial charge in [0.15, 0.2) is 0 Å². The Labute approximate surface area is 77.3 Å². The highest BCUT2D eigenvalue weighted by molar-refractivity contribution is 4.80. The van der Waals surface area contributed by atoms with E-state index in [-0.39, 0.29) is 0 Å². The Bertz CT molecular complexity index is 102. The number of rotatable bonds is 2. The molecule has 1 aliphatic rings. The Hall–Kier alpha value is -0.0800. The third-order valence-corrected chi connectivity index (χ3v) is 2.03. The molecule has 0 aliphatic carbocycles. The van der Waals surface area contributed by atoms with Crippen molar-refractivity contribution in [3.63, 3.8) is 0 Å². The van der Waals surface area contributed by atoms with Crippen LogP contribution in [-0.2, 0) is 0 Å². The Morgan fingerprint density at radius 3 is 2.25 bits per heavy atom. The molecule has 0 aromatic rings. The van der Waals surface area contributed by atoms with E-state index in [0.717, 1.165) is 12.0 Å². The summed E-state index contributed by atoms with van der Waals surface area (Å²) in [6, 6.07) is 0.741. The topological polar surface area (TPSA) is 15.3 Å². The van der Waals surface area contributed by atoms with Gasteiger partial charge in [0.2, 0.25) is 0 Å². The maximum Gasteiger partial charge on any atom is 0.0197 e. The van der Waals surface area contributed by atoms with Crippen LogP contribution in [0.3, 0.4) is 0 Å². The molecular weight excluding hydrogens is 148 g/mol. The first kappa shape index (κ1) is 11.9. The van der Waals surface area contributed by atoms with E-state index in [1.807, 2.05) is 13.8 Å². The number of nitrogens with one attached hydrogen (secondary N) is 1. The Kier molecular flexibility index (Phi) is 6.39. The van der Waals surface area contributed by atoms with Gasteiger partial charge in [0.05, 0.1) is 0 Å². The van der Waals surface area contributed by atoms with Crippen LogP contribution in [0.4, 0.5) is 0 Å². The minimum Gasteiger partial charge on any atom is -0.312 e. The average molecular weight is 172 g/mol. The number of hydrogen-bond acceptors (Lipinski definition) is 2. The highest BCUT2D eigenvalue weighted by Crippen LogP contribution is 2.12. The lowest BCUT2D eigenvalue weighted by atomic mass is 10.1. The molecule has 0 bridgehead atoms. The van der Waals surface area contributed by atoms with E-state index in [9.17, 15) is 0 Å². The average Bonchev–Trinajstić information content (AvgIpc) is 2.39. The molecule has 0 amide bonds. The van der Waals surface area contributed by atoms with Crippen molar-refractivity contribution < 1.29 is 0 Å². The Balaban J connectivity index is 0.000000561. The van der Waals surface area contributed by atoms with Crippen LogP contribution in [0.2, 0.25) is 0 Å². The van der Waals surface area contributed by atoms with Gasteiger partial charge in [-0.05, 0) is 33.0 Å². The van der Waals surface area contributed by atoms with Gasteiger partial charge in [-0.1, -0.05) is 20.8 Å². The molecular formula is C10H24N2. The predicted octanol–water partition coefficient (Wildman–Crippen LogP) is 1.57. The molecule has 1 N–H and O–H groups in total. The third-order valence-electron chi connectivity index (χ3n) is 2.03. The molecule has 0 spiro atoms. The molecule has 1 saturated heterocycles. The lowest BCUT2D eigenvalue weighted by Gasteiger charge is -2.15. The molecule has 0 saturated carbocycles. The zero-order valence-corrected chi connectivity index (χ0v) is 9.22. The summed E-state index contributed by atoms with van der Waals surface area (Å²) in [5.74, 6) is 0.880. The fraction of sp³-hybridized carbons (Fsp3) is 1.00. The van der Waals surface area contributed by atoms with E-state index in [4.69, 9.17) is 0 Å². The fourth-order valence-corrected chi connectivity index (χ4v) is 1.60.